The van der Waals surface area contributed by atoms with Gasteiger partial charge < -0.3 is 10.2 Å². The fourth-order valence-electron chi connectivity index (χ4n) is 4.06. The van der Waals surface area contributed by atoms with Crippen LogP contribution in [0.2, 0.25) is 10.0 Å². The van der Waals surface area contributed by atoms with Crippen LogP contribution in [0.3, 0.4) is 0 Å². The number of para-hydroxylation sites is 1. The lowest BCUT2D eigenvalue weighted by atomic mass is 10.1. The Morgan fingerprint density at radius 2 is 1.80 bits per heavy atom. The number of nitrogens with zero attached hydrogens (tertiary/aromatic N) is 2. The number of benzene rings is 2. The van der Waals surface area contributed by atoms with E-state index in [1.54, 1.807) is 49.4 Å². The summed E-state index contributed by atoms with van der Waals surface area (Å²) in [5.74, 6) is -0.826. The quantitative estimate of drug-likeness (QED) is 0.436. The molecule has 35 heavy (non-hydrogen) atoms. The molecule has 1 aliphatic carbocycles. The molecule has 0 heterocycles. The third kappa shape index (κ3) is 7.35. The number of amides is 2. The number of anilines is 1. The molecule has 2 aromatic carbocycles. The highest BCUT2D eigenvalue weighted by atomic mass is 79.9. The van der Waals surface area contributed by atoms with Gasteiger partial charge in [-0.05, 0) is 65.5 Å². The highest BCUT2D eigenvalue weighted by molar-refractivity contribution is 9.10. The maximum atomic E-state index is 13.6. The lowest BCUT2D eigenvalue weighted by Gasteiger charge is -2.32. The zero-order valence-electron chi connectivity index (χ0n) is 19.5. The Labute approximate surface area is 224 Å². The molecule has 0 saturated heterocycles. The smallest absolute Gasteiger partial charge is 0.244 e. The molecule has 190 valence electrons. The van der Waals surface area contributed by atoms with Crippen molar-refractivity contribution in [2.45, 2.75) is 51.2 Å². The molecule has 0 bridgehead atoms. The largest absolute Gasteiger partial charge is 0.352 e. The first-order chi connectivity index (χ1) is 16.5. The van der Waals surface area contributed by atoms with Crippen LogP contribution in [-0.2, 0) is 26.2 Å². The van der Waals surface area contributed by atoms with E-state index < -0.39 is 28.5 Å². The molecule has 3 rings (SSSR count). The maximum Gasteiger partial charge on any atom is 0.244 e. The third-order valence-electron chi connectivity index (χ3n) is 6.02. The highest BCUT2D eigenvalue weighted by Gasteiger charge is 2.32. The van der Waals surface area contributed by atoms with Gasteiger partial charge in [-0.25, -0.2) is 8.42 Å². The SMILES string of the molecule is C[C@@H](C(=O)NC1CCCC1)N(Cc1ccc(Cl)cc1Cl)C(=O)CN(c1ccccc1Br)S(C)(=O)=O. The Bertz CT molecular complexity index is 1190. The minimum Gasteiger partial charge on any atom is -0.352 e. The predicted octanol–water partition coefficient (Wildman–Crippen LogP) is 5.00. The molecule has 0 aromatic heterocycles. The van der Waals surface area contributed by atoms with Crippen LogP contribution >= 0.6 is 39.1 Å². The summed E-state index contributed by atoms with van der Waals surface area (Å²) in [7, 11) is -3.81. The molecule has 2 aromatic rings. The van der Waals surface area contributed by atoms with Gasteiger partial charge in [0.2, 0.25) is 21.8 Å². The van der Waals surface area contributed by atoms with Gasteiger partial charge in [-0.1, -0.05) is 54.2 Å². The average molecular weight is 605 g/mol. The predicted molar refractivity (Wildman–Crippen MR) is 143 cm³/mol. The topological polar surface area (TPSA) is 86.8 Å². The Morgan fingerprint density at radius 1 is 1.14 bits per heavy atom. The summed E-state index contributed by atoms with van der Waals surface area (Å²) in [6.07, 6.45) is 4.95. The second-order valence-corrected chi connectivity index (χ2v) is 12.2. The van der Waals surface area contributed by atoms with Crippen LogP contribution in [0.1, 0.15) is 38.2 Å². The van der Waals surface area contributed by atoms with Gasteiger partial charge in [0, 0.05) is 27.1 Å². The summed E-state index contributed by atoms with van der Waals surface area (Å²) in [5.41, 5.74) is 0.924. The summed E-state index contributed by atoms with van der Waals surface area (Å²) >= 11 is 15.7. The van der Waals surface area contributed by atoms with E-state index in [4.69, 9.17) is 23.2 Å². The van der Waals surface area contributed by atoms with Crippen molar-refractivity contribution in [1.82, 2.24) is 10.2 Å². The molecule has 0 aliphatic heterocycles. The zero-order valence-corrected chi connectivity index (χ0v) is 23.4. The van der Waals surface area contributed by atoms with Gasteiger partial charge in [0.15, 0.2) is 0 Å². The van der Waals surface area contributed by atoms with Crippen molar-refractivity contribution in [2.75, 3.05) is 17.1 Å². The molecule has 11 heteroatoms. The summed E-state index contributed by atoms with van der Waals surface area (Å²) < 4.78 is 26.8. The van der Waals surface area contributed by atoms with Gasteiger partial charge in [-0.3, -0.25) is 13.9 Å². The number of nitrogens with one attached hydrogen (secondary N) is 1. The fraction of sp³-hybridized carbons (Fsp3) is 0.417. The monoisotopic (exact) mass is 603 g/mol. The van der Waals surface area contributed by atoms with E-state index in [2.05, 4.69) is 21.2 Å². The number of carbonyl (C=O) groups is 2. The highest BCUT2D eigenvalue weighted by Crippen LogP contribution is 2.29. The van der Waals surface area contributed by atoms with Crippen molar-refractivity contribution < 1.29 is 18.0 Å². The van der Waals surface area contributed by atoms with E-state index in [9.17, 15) is 18.0 Å². The van der Waals surface area contributed by atoms with Crippen molar-refractivity contribution in [3.63, 3.8) is 0 Å². The minimum atomic E-state index is -3.81. The van der Waals surface area contributed by atoms with E-state index >= 15 is 0 Å². The number of carbonyl (C=O) groups excluding carboxylic acids is 2. The lowest BCUT2D eigenvalue weighted by Crippen LogP contribution is -2.52. The first-order valence-electron chi connectivity index (χ1n) is 11.2. The van der Waals surface area contributed by atoms with Crippen molar-refractivity contribution in [3.8, 4) is 0 Å². The first-order valence-corrected chi connectivity index (χ1v) is 14.6. The summed E-state index contributed by atoms with van der Waals surface area (Å²) in [6.45, 7) is 1.17. The first kappa shape index (κ1) is 27.8. The number of rotatable bonds is 9. The minimum absolute atomic E-state index is 0.0155. The van der Waals surface area contributed by atoms with E-state index in [0.29, 0.717) is 25.8 Å². The van der Waals surface area contributed by atoms with Crippen molar-refractivity contribution in [2.24, 2.45) is 0 Å². The third-order valence-corrected chi connectivity index (χ3v) is 8.41. The second kappa shape index (κ2) is 12.0. The molecular formula is C24H28BrCl2N3O4S. The van der Waals surface area contributed by atoms with Gasteiger partial charge in [0.05, 0.1) is 11.9 Å². The molecule has 0 unspecified atom stereocenters. The van der Waals surface area contributed by atoms with Crippen LogP contribution in [0.5, 0.6) is 0 Å². The van der Waals surface area contributed by atoms with Gasteiger partial charge >= 0.3 is 0 Å². The van der Waals surface area contributed by atoms with E-state index in [-0.39, 0.29) is 18.5 Å². The van der Waals surface area contributed by atoms with Gasteiger partial charge in [0.25, 0.3) is 0 Å². The molecule has 7 nitrogen and oxygen atoms in total. The molecule has 0 spiro atoms. The summed E-state index contributed by atoms with van der Waals surface area (Å²) in [4.78, 5) is 28.0. The van der Waals surface area contributed by atoms with Crippen LogP contribution in [0.4, 0.5) is 5.69 Å². The zero-order chi connectivity index (χ0) is 25.8. The Kier molecular flexibility index (Phi) is 9.48. The van der Waals surface area contributed by atoms with E-state index in [0.717, 1.165) is 36.2 Å². The maximum absolute atomic E-state index is 13.6. The summed E-state index contributed by atoms with van der Waals surface area (Å²) in [6, 6.07) is 10.9. The Morgan fingerprint density at radius 3 is 2.40 bits per heavy atom. The molecule has 1 N–H and O–H groups in total. The fourth-order valence-corrected chi connectivity index (χ4v) is 6.00. The molecule has 2 amide bonds. The van der Waals surface area contributed by atoms with Crippen molar-refractivity contribution >= 4 is 66.7 Å². The van der Waals surface area contributed by atoms with E-state index in [1.807, 2.05) is 0 Å². The van der Waals surface area contributed by atoms with Crippen LogP contribution in [0.25, 0.3) is 0 Å². The van der Waals surface area contributed by atoms with Crippen molar-refractivity contribution in [1.29, 1.82) is 0 Å². The van der Waals surface area contributed by atoms with Gasteiger partial charge in [-0.15, -0.1) is 0 Å². The van der Waals surface area contributed by atoms with Crippen LogP contribution in [0, 0.1) is 0 Å². The number of sulfonamides is 1. The second-order valence-electron chi connectivity index (χ2n) is 8.64. The Hall–Kier alpha value is -1.81. The lowest BCUT2D eigenvalue weighted by molar-refractivity contribution is -0.139. The number of hydrogen-bond donors (Lipinski definition) is 1. The van der Waals surface area contributed by atoms with Crippen LogP contribution in [-0.4, -0.2) is 50.0 Å². The number of halogens is 3. The van der Waals surface area contributed by atoms with Crippen molar-refractivity contribution in [3.05, 3.63) is 62.5 Å². The molecule has 0 radical (unpaired) electrons. The van der Waals surface area contributed by atoms with Crippen LogP contribution < -0.4 is 9.62 Å². The van der Waals surface area contributed by atoms with E-state index in [1.165, 1.54) is 4.90 Å². The summed E-state index contributed by atoms with van der Waals surface area (Å²) in [5, 5.41) is 3.82. The van der Waals surface area contributed by atoms with Crippen LogP contribution in [0.15, 0.2) is 46.9 Å². The average Bonchev–Trinajstić information content (AvgIpc) is 3.29. The molecule has 1 aliphatic rings. The molecule has 1 saturated carbocycles. The standard InChI is InChI=1S/C24H28BrCl2N3O4S/c1-16(24(32)28-19-7-3-4-8-19)29(14-17-11-12-18(26)13-21(17)27)23(31)15-30(35(2,33)34)22-10-6-5-9-20(22)25/h5-6,9-13,16,19H,3-4,7-8,14-15H2,1-2H3,(H,28,32)/t16-/m0/s1. The molecular weight excluding hydrogens is 577 g/mol. The van der Waals surface area contributed by atoms with Gasteiger partial charge in [-0.2, -0.15) is 0 Å². The van der Waals surface area contributed by atoms with Gasteiger partial charge in [0.1, 0.15) is 12.6 Å². The number of hydrogen-bond acceptors (Lipinski definition) is 4. The normalized spacial score (nSPS) is 15.0. The molecule has 1 fully saturated rings. The molecule has 1 atom stereocenters. The Balaban J connectivity index is 1.91.